The highest BCUT2D eigenvalue weighted by Gasteiger charge is 2.19. The summed E-state index contributed by atoms with van der Waals surface area (Å²) in [5, 5.41) is 6.54. The smallest absolute Gasteiger partial charge is 0.252 e. The first-order chi connectivity index (χ1) is 13.8. The van der Waals surface area contributed by atoms with E-state index >= 15 is 0 Å². The summed E-state index contributed by atoms with van der Waals surface area (Å²) in [6.45, 7) is 3.48. The Balaban J connectivity index is 1.81. The third-order valence-electron chi connectivity index (χ3n) is 4.58. The van der Waals surface area contributed by atoms with E-state index in [9.17, 15) is 8.42 Å². The number of ether oxygens (including phenoxy) is 1. The van der Waals surface area contributed by atoms with Gasteiger partial charge in [-0.15, -0.1) is 11.3 Å². The first kappa shape index (κ1) is 23.2. The number of aliphatic imine (C=N–C) groups is 1. The lowest BCUT2D eigenvalue weighted by Crippen LogP contribution is -2.37. The third-order valence-corrected chi connectivity index (χ3v) is 7.95. The maximum absolute atomic E-state index is 12.2. The van der Waals surface area contributed by atoms with Crippen LogP contribution < -0.4 is 15.4 Å². The van der Waals surface area contributed by atoms with E-state index in [1.165, 1.54) is 35.3 Å². The topological polar surface area (TPSA) is 83.0 Å². The molecule has 160 valence electrons. The van der Waals surface area contributed by atoms with Gasteiger partial charge in [0.25, 0.3) is 10.0 Å². The fraction of sp³-hybridized carbons (Fsp3) is 0.450. The molecule has 0 saturated carbocycles. The van der Waals surface area contributed by atoms with Crippen LogP contribution in [-0.2, 0) is 16.6 Å². The van der Waals surface area contributed by atoms with E-state index in [1.54, 1.807) is 20.2 Å². The molecule has 9 heteroatoms. The van der Waals surface area contributed by atoms with Crippen molar-refractivity contribution in [2.24, 2.45) is 4.99 Å². The molecule has 2 rings (SSSR count). The average Bonchev–Trinajstić information content (AvgIpc) is 3.20. The molecule has 7 nitrogen and oxygen atoms in total. The van der Waals surface area contributed by atoms with Gasteiger partial charge in [0.1, 0.15) is 9.96 Å². The molecule has 0 aliphatic rings. The Labute approximate surface area is 177 Å². The van der Waals surface area contributed by atoms with Crippen molar-refractivity contribution in [2.45, 2.75) is 30.0 Å². The SMILES string of the molecule is CN=C(NCCC(C)c1ccc(OC)cc1)NCc1ccc(S(=O)(=O)N(C)C)s1. The standard InChI is InChI=1S/C20H30N4O3S2/c1-15(16-6-8-17(27-5)9-7-16)12-13-22-20(21-2)23-14-18-10-11-19(28-18)29(25,26)24(3)4/h6-11,15H,12-14H2,1-5H3,(H2,21,22,23). The molecule has 0 saturated heterocycles. The summed E-state index contributed by atoms with van der Waals surface area (Å²) < 4.78 is 31.1. The first-order valence-electron chi connectivity index (χ1n) is 9.37. The van der Waals surface area contributed by atoms with Crippen LogP contribution in [0.2, 0.25) is 0 Å². The molecule has 1 unspecified atom stereocenters. The number of thiophene rings is 1. The molecule has 1 aromatic heterocycles. The molecule has 0 spiro atoms. The second-order valence-electron chi connectivity index (χ2n) is 6.82. The van der Waals surface area contributed by atoms with Gasteiger partial charge in [0, 0.05) is 32.6 Å². The Morgan fingerprint density at radius 3 is 2.45 bits per heavy atom. The quantitative estimate of drug-likeness (QED) is 0.465. The summed E-state index contributed by atoms with van der Waals surface area (Å²) in [6.07, 6.45) is 0.956. The predicted octanol–water partition coefficient (Wildman–Crippen LogP) is 2.87. The number of hydrogen-bond acceptors (Lipinski definition) is 5. The molecule has 1 aromatic carbocycles. The Bertz CT molecular complexity index is 906. The van der Waals surface area contributed by atoms with Gasteiger partial charge in [-0.3, -0.25) is 4.99 Å². The summed E-state index contributed by atoms with van der Waals surface area (Å²) >= 11 is 1.26. The second-order valence-corrected chi connectivity index (χ2v) is 10.4. The van der Waals surface area contributed by atoms with E-state index in [0.29, 0.717) is 22.6 Å². The number of sulfonamides is 1. The molecule has 2 N–H and O–H groups in total. The molecular formula is C20H30N4O3S2. The molecule has 2 aromatic rings. The van der Waals surface area contributed by atoms with Crippen LogP contribution in [0, 0.1) is 0 Å². The highest BCUT2D eigenvalue weighted by molar-refractivity contribution is 7.91. The number of nitrogens with zero attached hydrogens (tertiary/aromatic N) is 2. The number of hydrogen-bond donors (Lipinski definition) is 2. The molecule has 0 amide bonds. The lowest BCUT2D eigenvalue weighted by atomic mass is 9.98. The van der Waals surface area contributed by atoms with Crippen molar-refractivity contribution in [1.29, 1.82) is 0 Å². The molecule has 0 aliphatic heterocycles. The summed E-state index contributed by atoms with van der Waals surface area (Å²) in [7, 11) is 3.07. The number of rotatable bonds is 9. The van der Waals surface area contributed by atoms with Crippen LogP contribution in [0.1, 0.15) is 29.7 Å². The summed E-state index contributed by atoms with van der Waals surface area (Å²) in [5.74, 6) is 1.96. The summed E-state index contributed by atoms with van der Waals surface area (Å²) in [5.41, 5.74) is 1.27. The molecule has 0 aliphatic carbocycles. The fourth-order valence-corrected chi connectivity index (χ4v) is 5.13. The second kappa shape index (κ2) is 10.6. The number of methoxy groups -OCH3 is 1. The minimum atomic E-state index is -3.38. The van der Waals surface area contributed by atoms with E-state index in [4.69, 9.17) is 4.74 Å². The zero-order chi connectivity index (χ0) is 21.4. The Kier molecular flexibility index (Phi) is 8.48. The number of guanidine groups is 1. The van der Waals surface area contributed by atoms with Gasteiger partial charge < -0.3 is 15.4 Å². The third kappa shape index (κ3) is 6.45. The van der Waals surface area contributed by atoms with E-state index in [2.05, 4.69) is 34.7 Å². The largest absolute Gasteiger partial charge is 0.497 e. The van der Waals surface area contributed by atoms with E-state index < -0.39 is 10.0 Å². The molecule has 1 atom stereocenters. The van der Waals surface area contributed by atoms with Crippen LogP contribution in [0.5, 0.6) is 5.75 Å². The molecule has 0 radical (unpaired) electrons. The maximum Gasteiger partial charge on any atom is 0.252 e. The minimum Gasteiger partial charge on any atom is -0.497 e. The molecule has 0 bridgehead atoms. The van der Waals surface area contributed by atoms with E-state index in [1.807, 2.05) is 18.2 Å². The van der Waals surface area contributed by atoms with Crippen molar-refractivity contribution in [3.05, 3.63) is 46.8 Å². The zero-order valence-electron chi connectivity index (χ0n) is 17.6. The van der Waals surface area contributed by atoms with Crippen molar-refractivity contribution in [1.82, 2.24) is 14.9 Å². The van der Waals surface area contributed by atoms with Crippen molar-refractivity contribution in [2.75, 3.05) is 34.8 Å². The van der Waals surface area contributed by atoms with Crippen LogP contribution in [0.3, 0.4) is 0 Å². The highest BCUT2D eigenvalue weighted by Crippen LogP contribution is 2.24. The van der Waals surface area contributed by atoms with Crippen molar-refractivity contribution in [3.63, 3.8) is 0 Å². The van der Waals surface area contributed by atoms with Gasteiger partial charge in [-0.1, -0.05) is 19.1 Å². The van der Waals surface area contributed by atoms with Gasteiger partial charge in [0.2, 0.25) is 0 Å². The lowest BCUT2D eigenvalue weighted by Gasteiger charge is -2.15. The fourth-order valence-electron chi connectivity index (χ4n) is 2.67. The maximum atomic E-state index is 12.2. The van der Waals surface area contributed by atoms with Crippen molar-refractivity contribution < 1.29 is 13.2 Å². The van der Waals surface area contributed by atoms with Crippen LogP contribution in [0.15, 0.2) is 45.6 Å². The molecule has 29 heavy (non-hydrogen) atoms. The molecular weight excluding hydrogens is 408 g/mol. The Hall–Kier alpha value is -2.10. The van der Waals surface area contributed by atoms with Crippen molar-refractivity contribution in [3.8, 4) is 5.75 Å². The van der Waals surface area contributed by atoms with Gasteiger partial charge in [-0.25, -0.2) is 12.7 Å². The van der Waals surface area contributed by atoms with Crippen molar-refractivity contribution >= 4 is 27.3 Å². The van der Waals surface area contributed by atoms with Gasteiger partial charge >= 0.3 is 0 Å². The molecule has 0 fully saturated rings. The van der Waals surface area contributed by atoms with Crippen LogP contribution in [-0.4, -0.2) is 53.5 Å². The van der Waals surface area contributed by atoms with E-state index in [-0.39, 0.29) is 0 Å². The van der Waals surface area contributed by atoms with Gasteiger partial charge in [-0.2, -0.15) is 0 Å². The lowest BCUT2D eigenvalue weighted by molar-refractivity contribution is 0.414. The highest BCUT2D eigenvalue weighted by atomic mass is 32.2. The average molecular weight is 439 g/mol. The minimum absolute atomic E-state index is 0.343. The van der Waals surface area contributed by atoms with Gasteiger partial charge in [-0.05, 0) is 42.2 Å². The monoisotopic (exact) mass is 438 g/mol. The van der Waals surface area contributed by atoms with E-state index in [0.717, 1.165) is 23.6 Å². The normalized spacial score (nSPS) is 13.4. The summed E-state index contributed by atoms with van der Waals surface area (Å²) in [4.78, 5) is 5.17. The van der Waals surface area contributed by atoms with Crippen LogP contribution >= 0.6 is 11.3 Å². The molecule has 1 heterocycles. The zero-order valence-corrected chi connectivity index (χ0v) is 19.2. The van der Waals surface area contributed by atoms with Crippen LogP contribution in [0.4, 0.5) is 0 Å². The number of benzene rings is 1. The first-order valence-corrected chi connectivity index (χ1v) is 11.6. The Morgan fingerprint density at radius 1 is 1.17 bits per heavy atom. The van der Waals surface area contributed by atoms with Gasteiger partial charge in [0.05, 0.1) is 13.7 Å². The number of nitrogens with one attached hydrogen (secondary N) is 2. The van der Waals surface area contributed by atoms with Crippen LogP contribution in [0.25, 0.3) is 0 Å². The van der Waals surface area contributed by atoms with Gasteiger partial charge in [0.15, 0.2) is 5.96 Å². The predicted molar refractivity (Wildman–Crippen MR) is 119 cm³/mol. The summed E-state index contributed by atoms with van der Waals surface area (Å²) in [6, 6.07) is 11.6. The Morgan fingerprint density at radius 2 is 1.86 bits per heavy atom.